The molecule has 8 heteroatoms. The molecule has 2 aliphatic rings. The Morgan fingerprint density at radius 3 is 2.88 bits per heavy atom. The number of hydrogen-bond donors (Lipinski definition) is 1. The number of hydrogen-bond acceptors (Lipinski definition) is 7. The number of amides is 1. The van der Waals surface area contributed by atoms with E-state index in [4.69, 9.17) is 14.2 Å². The van der Waals surface area contributed by atoms with E-state index in [1.54, 1.807) is 13.2 Å². The summed E-state index contributed by atoms with van der Waals surface area (Å²) in [6.07, 6.45) is 1.29. The molecule has 2 aliphatic heterocycles. The lowest BCUT2D eigenvalue weighted by Gasteiger charge is -2.28. The van der Waals surface area contributed by atoms with Crippen LogP contribution in [0.25, 0.3) is 0 Å². The summed E-state index contributed by atoms with van der Waals surface area (Å²) in [5.74, 6) is 1.49. The number of esters is 1. The Morgan fingerprint density at radius 2 is 2.19 bits per heavy atom. The fourth-order valence-corrected chi connectivity index (χ4v) is 3.17. The molecule has 1 fully saturated rings. The molecule has 1 amide bonds. The van der Waals surface area contributed by atoms with Crippen LogP contribution < -0.4 is 14.8 Å². The second-order valence-electron chi connectivity index (χ2n) is 6.11. The van der Waals surface area contributed by atoms with Gasteiger partial charge in [0.05, 0.1) is 32.6 Å². The molecule has 1 saturated heterocycles. The Balaban J connectivity index is 1.76. The van der Waals surface area contributed by atoms with Crippen molar-refractivity contribution in [1.82, 2.24) is 10.2 Å². The molecule has 0 bridgehead atoms. The summed E-state index contributed by atoms with van der Waals surface area (Å²) in [7, 11) is 1.59. The summed E-state index contributed by atoms with van der Waals surface area (Å²) in [4.78, 5) is 29.4. The minimum Gasteiger partial charge on any atom is -0.492 e. The number of methoxy groups -OCH3 is 1. The molecule has 0 spiro atoms. The quantitative estimate of drug-likeness (QED) is 0.588. The van der Waals surface area contributed by atoms with Gasteiger partial charge in [0.25, 0.3) is 0 Å². The molecule has 1 aromatic carbocycles. The van der Waals surface area contributed by atoms with Crippen LogP contribution in [0.2, 0.25) is 0 Å². The van der Waals surface area contributed by atoms with Crippen LogP contribution in [0.5, 0.6) is 11.5 Å². The van der Waals surface area contributed by atoms with Crippen molar-refractivity contribution in [3.63, 3.8) is 0 Å². The highest BCUT2D eigenvalue weighted by atomic mass is 16.5. The largest absolute Gasteiger partial charge is 0.492 e. The molecular weight excluding hydrogens is 338 g/mol. The first kappa shape index (κ1) is 18.0. The van der Waals surface area contributed by atoms with Gasteiger partial charge in [0, 0.05) is 18.9 Å². The van der Waals surface area contributed by atoms with E-state index in [-0.39, 0.29) is 17.9 Å². The molecule has 0 aromatic heterocycles. The molecule has 0 radical (unpaired) electrons. The van der Waals surface area contributed by atoms with Crippen LogP contribution in [-0.4, -0.2) is 49.1 Å². The van der Waals surface area contributed by atoms with Gasteiger partial charge in [-0.15, -0.1) is 0 Å². The topological polar surface area (TPSA) is 89.5 Å². The molecular formula is C18H23N3O5. The zero-order valence-corrected chi connectivity index (χ0v) is 15.2. The molecule has 1 atom stereocenters. The smallest absolute Gasteiger partial charge is 0.302 e. The summed E-state index contributed by atoms with van der Waals surface area (Å²) in [5.41, 5.74) is 1.65. The Hall–Kier alpha value is -2.77. The molecule has 3 rings (SSSR count). The maximum absolute atomic E-state index is 12.1. The molecule has 0 saturated carbocycles. The highest BCUT2D eigenvalue weighted by Crippen LogP contribution is 2.41. The maximum atomic E-state index is 12.1. The minimum absolute atomic E-state index is 0.0278. The van der Waals surface area contributed by atoms with Gasteiger partial charge in [-0.2, -0.15) is 0 Å². The molecule has 140 valence electrons. The molecule has 1 N–H and O–H groups in total. The number of rotatable bonds is 7. The average Bonchev–Trinajstić information content (AvgIpc) is 2.92. The van der Waals surface area contributed by atoms with Gasteiger partial charge in [0.2, 0.25) is 11.9 Å². The van der Waals surface area contributed by atoms with Crippen LogP contribution in [0, 0.1) is 0 Å². The molecule has 1 unspecified atom stereocenters. The third kappa shape index (κ3) is 3.44. The van der Waals surface area contributed by atoms with Gasteiger partial charge in [-0.1, -0.05) is 6.92 Å². The first-order valence-electron chi connectivity index (χ1n) is 8.67. The highest BCUT2D eigenvalue weighted by Gasteiger charge is 2.39. The highest BCUT2D eigenvalue weighted by molar-refractivity contribution is 6.07. The third-order valence-corrected chi connectivity index (χ3v) is 4.38. The van der Waals surface area contributed by atoms with Gasteiger partial charge in [-0.3, -0.25) is 14.9 Å². The number of nitrogens with one attached hydrogen (secondary N) is 1. The van der Waals surface area contributed by atoms with Gasteiger partial charge in [0.15, 0.2) is 11.5 Å². The Kier molecular flexibility index (Phi) is 5.29. The van der Waals surface area contributed by atoms with Gasteiger partial charge < -0.3 is 19.1 Å². The normalized spacial score (nSPS) is 17.8. The maximum Gasteiger partial charge on any atom is 0.302 e. The number of carbonyl (C=O) groups is 2. The van der Waals surface area contributed by atoms with Crippen LogP contribution in [0.1, 0.15) is 32.3 Å². The second-order valence-corrected chi connectivity index (χ2v) is 6.11. The van der Waals surface area contributed by atoms with E-state index in [0.29, 0.717) is 50.1 Å². The molecule has 26 heavy (non-hydrogen) atoms. The second kappa shape index (κ2) is 7.63. The molecule has 0 aliphatic carbocycles. The average molecular weight is 361 g/mol. The predicted octanol–water partition coefficient (Wildman–Crippen LogP) is 1.74. The fraction of sp³-hybridized carbons (Fsp3) is 0.500. The lowest BCUT2D eigenvalue weighted by molar-refractivity contribution is -0.141. The van der Waals surface area contributed by atoms with Crippen molar-refractivity contribution in [1.29, 1.82) is 0 Å². The first-order chi connectivity index (χ1) is 12.5. The van der Waals surface area contributed by atoms with Crippen LogP contribution >= 0.6 is 0 Å². The monoisotopic (exact) mass is 361 g/mol. The van der Waals surface area contributed by atoms with Gasteiger partial charge in [-0.05, 0) is 18.6 Å². The summed E-state index contributed by atoms with van der Waals surface area (Å²) < 4.78 is 16.3. The number of carbonyl (C=O) groups excluding carboxylic acids is 2. The number of ether oxygens (including phenoxy) is 3. The zero-order valence-electron chi connectivity index (χ0n) is 15.2. The van der Waals surface area contributed by atoms with Crippen LogP contribution in [0.4, 0.5) is 5.69 Å². The summed E-state index contributed by atoms with van der Waals surface area (Å²) in [6, 6.07) is 3.44. The van der Waals surface area contributed by atoms with E-state index in [1.165, 1.54) is 6.92 Å². The van der Waals surface area contributed by atoms with Gasteiger partial charge in [-0.25, -0.2) is 4.99 Å². The van der Waals surface area contributed by atoms with E-state index in [0.717, 1.165) is 11.3 Å². The number of guanidine groups is 1. The lowest BCUT2D eigenvalue weighted by atomic mass is 10.1. The fourth-order valence-electron chi connectivity index (χ4n) is 3.17. The van der Waals surface area contributed by atoms with Crippen molar-refractivity contribution < 1.29 is 23.8 Å². The lowest BCUT2D eigenvalue weighted by Crippen LogP contribution is -2.36. The Labute approximate surface area is 152 Å². The molecule has 2 heterocycles. The van der Waals surface area contributed by atoms with Crippen molar-refractivity contribution >= 4 is 23.5 Å². The number of benzene rings is 1. The summed E-state index contributed by atoms with van der Waals surface area (Å²) in [6.45, 7) is 4.60. The van der Waals surface area contributed by atoms with E-state index >= 15 is 0 Å². The van der Waals surface area contributed by atoms with Crippen molar-refractivity contribution in [2.45, 2.75) is 39.3 Å². The van der Waals surface area contributed by atoms with E-state index < -0.39 is 0 Å². The SMILES string of the molecule is CCC1C(=O)NC2=Nc3ccc(OCCCOC(C)=O)c(OC)c3CN21. The van der Waals surface area contributed by atoms with E-state index in [9.17, 15) is 9.59 Å². The number of fused-ring (bicyclic) bond motifs is 2. The summed E-state index contributed by atoms with van der Waals surface area (Å²) in [5, 5.41) is 2.83. The molecule has 8 nitrogen and oxygen atoms in total. The Bertz CT molecular complexity index is 747. The zero-order chi connectivity index (χ0) is 18.7. The first-order valence-corrected chi connectivity index (χ1v) is 8.67. The van der Waals surface area contributed by atoms with Crippen molar-refractivity contribution in [2.75, 3.05) is 20.3 Å². The van der Waals surface area contributed by atoms with Gasteiger partial charge in [0.1, 0.15) is 6.04 Å². The minimum atomic E-state index is -0.302. The standard InChI is InChI=1S/C18H23N3O5/c1-4-14-17(23)20-18-19-13-6-7-15(26-9-5-8-25-11(2)22)16(24-3)12(13)10-21(14)18/h6-7,14H,4-5,8-10H2,1-3H3,(H,19,20,23). The molecule has 1 aromatic rings. The van der Waals surface area contributed by atoms with Crippen LogP contribution in [0.3, 0.4) is 0 Å². The van der Waals surface area contributed by atoms with Crippen molar-refractivity contribution in [2.24, 2.45) is 4.99 Å². The number of nitrogens with zero attached hydrogens (tertiary/aromatic N) is 2. The Morgan fingerprint density at radius 1 is 1.38 bits per heavy atom. The number of aliphatic imine (C=N–C) groups is 1. The summed E-state index contributed by atoms with van der Waals surface area (Å²) >= 11 is 0. The third-order valence-electron chi connectivity index (χ3n) is 4.38. The van der Waals surface area contributed by atoms with E-state index in [2.05, 4.69) is 10.3 Å². The van der Waals surface area contributed by atoms with Crippen LogP contribution in [0.15, 0.2) is 17.1 Å². The van der Waals surface area contributed by atoms with Crippen molar-refractivity contribution in [3.05, 3.63) is 17.7 Å². The predicted molar refractivity (Wildman–Crippen MR) is 94.6 cm³/mol. The van der Waals surface area contributed by atoms with Crippen molar-refractivity contribution in [3.8, 4) is 11.5 Å². The van der Waals surface area contributed by atoms with E-state index in [1.807, 2.05) is 17.9 Å². The van der Waals surface area contributed by atoms with Crippen LogP contribution in [-0.2, 0) is 20.9 Å². The van der Waals surface area contributed by atoms with Gasteiger partial charge >= 0.3 is 5.97 Å².